The van der Waals surface area contributed by atoms with Crippen LogP contribution in [0.2, 0.25) is 0 Å². The van der Waals surface area contributed by atoms with Crippen LogP contribution in [0.4, 0.5) is 0 Å². The van der Waals surface area contributed by atoms with Crippen LogP contribution in [0.3, 0.4) is 0 Å². The van der Waals surface area contributed by atoms with Gasteiger partial charge >= 0.3 is 5.97 Å². The van der Waals surface area contributed by atoms with Crippen molar-refractivity contribution < 1.29 is 24.5 Å². The normalized spacial score (nSPS) is 14.4. The molecule has 0 rings (SSSR count). The predicted molar refractivity (Wildman–Crippen MR) is 117 cm³/mol. The summed E-state index contributed by atoms with van der Waals surface area (Å²) in [6.07, 6.45) is 14.2. The van der Waals surface area contributed by atoms with Crippen LogP contribution < -0.4 is 5.32 Å². The fourth-order valence-electron chi connectivity index (χ4n) is 3.69. The Morgan fingerprint density at radius 2 is 1.66 bits per heavy atom. The van der Waals surface area contributed by atoms with E-state index in [1.54, 1.807) is 0 Å². The summed E-state index contributed by atoms with van der Waals surface area (Å²) in [5.41, 5.74) is -1.16. The zero-order valence-corrected chi connectivity index (χ0v) is 18.8. The molecule has 29 heavy (non-hydrogen) atoms. The first-order valence-corrected chi connectivity index (χ1v) is 11.7. The lowest BCUT2D eigenvalue weighted by Gasteiger charge is -2.34. The summed E-state index contributed by atoms with van der Waals surface area (Å²) in [4.78, 5) is 22.7. The number of carboxylic acids is 1. The third-order valence-corrected chi connectivity index (χ3v) is 5.54. The van der Waals surface area contributed by atoms with Gasteiger partial charge in [0.2, 0.25) is 0 Å². The van der Waals surface area contributed by atoms with E-state index in [4.69, 9.17) is 9.84 Å². The summed E-state index contributed by atoms with van der Waals surface area (Å²) in [7, 11) is 0. The largest absolute Gasteiger partial charge is 0.480 e. The maximum absolute atomic E-state index is 12.0. The lowest BCUT2D eigenvalue weighted by molar-refractivity contribution is -0.147. The number of carbonyl (C=O) groups is 2. The van der Waals surface area contributed by atoms with E-state index in [0.717, 1.165) is 25.5 Å². The van der Waals surface area contributed by atoms with Crippen molar-refractivity contribution in [2.24, 2.45) is 0 Å². The minimum Gasteiger partial charge on any atom is -0.480 e. The zero-order valence-electron chi connectivity index (χ0n) is 18.8. The van der Waals surface area contributed by atoms with Crippen LogP contribution in [0.1, 0.15) is 104 Å². The van der Waals surface area contributed by atoms with Crippen molar-refractivity contribution in [1.29, 1.82) is 0 Å². The van der Waals surface area contributed by atoms with Crippen molar-refractivity contribution in [1.82, 2.24) is 5.32 Å². The second kappa shape index (κ2) is 19.0. The number of carboxylic acid groups (broad SMARTS) is 1. The van der Waals surface area contributed by atoms with Crippen molar-refractivity contribution in [2.75, 3.05) is 19.8 Å². The molecule has 0 aliphatic carbocycles. The first-order valence-electron chi connectivity index (χ1n) is 11.7. The van der Waals surface area contributed by atoms with Crippen LogP contribution in [0, 0.1) is 0 Å². The highest BCUT2D eigenvalue weighted by Crippen LogP contribution is 2.24. The third-order valence-electron chi connectivity index (χ3n) is 5.54. The van der Waals surface area contributed by atoms with Gasteiger partial charge in [0.05, 0.1) is 12.7 Å². The Morgan fingerprint density at radius 1 is 1.03 bits per heavy atom. The molecule has 0 aromatic heterocycles. The molecule has 0 saturated heterocycles. The molecule has 0 spiro atoms. The van der Waals surface area contributed by atoms with Gasteiger partial charge in [0.1, 0.15) is 11.8 Å². The Balaban J connectivity index is 4.34. The fraction of sp³-hybridized carbons (Fsp3) is 0.913. The molecule has 0 aromatic carbocycles. The van der Waals surface area contributed by atoms with E-state index >= 15 is 0 Å². The number of aliphatic carboxylic acids is 1. The molecule has 0 bridgehead atoms. The number of rotatable bonds is 22. The number of nitrogens with one attached hydrogen (secondary N) is 1. The molecule has 0 radical (unpaired) electrons. The molecule has 0 aliphatic heterocycles. The number of unbranched alkanes of at least 4 members (excludes halogenated alkanes) is 9. The standard InChI is InChI=1S/C23H45NO5/c1-3-5-6-7-8-9-10-11-14-19-29-21(4-2)20-23(22(27)28,24-16-18-26)15-12-13-17-25/h17,21,24,26H,3-16,18-20H2,1-2H3,(H,27,28). The Labute approximate surface area is 177 Å². The lowest BCUT2D eigenvalue weighted by Crippen LogP contribution is -2.55. The van der Waals surface area contributed by atoms with E-state index in [0.29, 0.717) is 32.3 Å². The second-order valence-electron chi connectivity index (χ2n) is 8.03. The van der Waals surface area contributed by atoms with Gasteiger partial charge in [-0.05, 0) is 25.7 Å². The quantitative estimate of drug-likeness (QED) is 0.178. The van der Waals surface area contributed by atoms with Gasteiger partial charge in [-0.25, -0.2) is 0 Å². The molecule has 3 N–H and O–H groups in total. The molecule has 172 valence electrons. The third kappa shape index (κ3) is 13.8. The van der Waals surface area contributed by atoms with E-state index < -0.39 is 11.5 Å². The van der Waals surface area contributed by atoms with Crippen LogP contribution in [0.5, 0.6) is 0 Å². The number of aldehydes is 1. The molecule has 0 aliphatic rings. The van der Waals surface area contributed by atoms with Crippen molar-refractivity contribution in [3.8, 4) is 0 Å². The minimum absolute atomic E-state index is 0.126. The molecular formula is C23H45NO5. The molecule has 0 heterocycles. The summed E-state index contributed by atoms with van der Waals surface area (Å²) in [5.74, 6) is -0.943. The van der Waals surface area contributed by atoms with Crippen LogP contribution in [0.15, 0.2) is 0 Å². The highest BCUT2D eigenvalue weighted by molar-refractivity contribution is 5.79. The SMILES string of the molecule is CCCCCCCCCCCOC(CC)CC(CCCC=O)(NCCO)C(=O)O. The maximum Gasteiger partial charge on any atom is 0.323 e. The van der Waals surface area contributed by atoms with Crippen molar-refractivity contribution in [3.05, 3.63) is 0 Å². The summed E-state index contributed by atoms with van der Waals surface area (Å²) in [6, 6.07) is 0. The predicted octanol–water partition coefficient (Wildman–Crippen LogP) is 4.48. The Bertz CT molecular complexity index is 405. The van der Waals surface area contributed by atoms with E-state index in [2.05, 4.69) is 12.2 Å². The van der Waals surface area contributed by atoms with Crippen molar-refractivity contribution >= 4 is 12.3 Å². The summed E-state index contributed by atoms with van der Waals surface area (Å²) in [6.45, 7) is 4.97. The minimum atomic E-state index is -1.16. The number of carbonyl (C=O) groups excluding carboxylic acids is 1. The molecule has 0 aromatic rings. The second-order valence-corrected chi connectivity index (χ2v) is 8.03. The fourth-order valence-corrected chi connectivity index (χ4v) is 3.69. The smallest absolute Gasteiger partial charge is 0.323 e. The highest BCUT2D eigenvalue weighted by atomic mass is 16.5. The van der Waals surface area contributed by atoms with E-state index in [1.165, 1.54) is 44.9 Å². The molecule has 2 unspecified atom stereocenters. The first kappa shape index (κ1) is 28.0. The zero-order chi connectivity index (χ0) is 21.8. The topological polar surface area (TPSA) is 95.9 Å². The van der Waals surface area contributed by atoms with Gasteiger partial charge in [-0.15, -0.1) is 0 Å². The summed E-state index contributed by atoms with van der Waals surface area (Å²) >= 11 is 0. The van der Waals surface area contributed by atoms with Crippen LogP contribution in [-0.2, 0) is 14.3 Å². The van der Waals surface area contributed by atoms with Gasteiger partial charge in [0.15, 0.2) is 0 Å². The molecule has 0 fully saturated rings. The van der Waals surface area contributed by atoms with Gasteiger partial charge in [0.25, 0.3) is 0 Å². The van der Waals surface area contributed by atoms with Gasteiger partial charge < -0.3 is 19.7 Å². The van der Waals surface area contributed by atoms with Crippen molar-refractivity contribution in [3.63, 3.8) is 0 Å². The van der Waals surface area contributed by atoms with Gasteiger partial charge in [-0.2, -0.15) is 0 Å². The molecule has 0 amide bonds. The Morgan fingerprint density at radius 3 is 2.17 bits per heavy atom. The average Bonchev–Trinajstić information content (AvgIpc) is 2.72. The van der Waals surface area contributed by atoms with Crippen LogP contribution in [-0.4, -0.2) is 53.9 Å². The average molecular weight is 416 g/mol. The summed E-state index contributed by atoms with van der Waals surface area (Å²) < 4.78 is 6.01. The number of hydrogen-bond acceptors (Lipinski definition) is 5. The van der Waals surface area contributed by atoms with Gasteiger partial charge in [0, 0.05) is 26.0 Å². The summed E-state index contributed by atoms with van der Waals surface area (Å²) in [5, 5.41) is 22.0. The van der Waals surface area contributed by atoms with Crippen LogP contribution >= 0.6 is 0 Å². The number of hydrogen-bond donors (Lipinski definition) is 3. The number of ether oxygens (including phenoxy) is 1. The van der Waals surface area contributed by atoms with Crippen molar-refractivity contribution in [2.45, 2.75) is 115 Å². The molecular weight excluding hydrogens is 370 g/mol. The Hall–Kier alpha value is -0.980. The number of aliphatic hydroxyl groups excluding tert-OH is 1. The van der Waals surface area contributed by atoms with E-state index in [9.17, 15) is 14.7 Å². The first-order chi connectivity index (χ1) is 14.1. The maximum atomic E-state index is 12.0. The molecule has 2 atom stereocenters. The van der Waals surface area contributed by atoms with E-state index in [-0.39, 0.29) is 19.3 Å². The highest BCUT2D eigenvalue weighted by Gasteiger charge is 2.39. The number of aliphatic hydroxyl groups is 1. The molecule has 6 heteroatoms. The number of β-amino-alcohol motifs (C(OH)–C–C–N with tert-alkyl or cyclic N) is 1. The molecule has 0 saturated carbocycles. The van der Waals surface area contributed by atoms with E-state index in [1.807, 2.05) is 6.92 Å². The van der Waals surface area contributed by atoms with Crippen LogP contribution in [0.25, 0.3) is 0 Å². The molecule has 6 nitrogen and oxygen atoms in total. The monoisotopic (exact) mass is 415 g/mol. The van der Waals surface area contributed by atoms with Gasteiger partial charge in [-0.3, -0.25) is 10.1 Å². The van der Waals surface area contributed by atoms with Gasteiger partial charge in [-0.1, -0.05) is 65.2 Å². The lowest BCUT2D eigenvalue weighted by atomic mass is 9.85. The Kier molecular flexibility index (Phi) is 18.4.